The van der Waals surface area contributed by atoms with Crippen LogP contribution in [-0.4, -0.2) is 49.6 Å². The molecule has 1 N–H and O–H groups in total. The van der Waals surface area contributed by atoms with Crippen LogP contribution in [-0.2, 0) is 23.6 Å². The Bertz CT molecular complexity index is 1260. The molecule has 172 valence electrons. The first kappa shape index (κ1) is 23.4. The molecule has 0 aliphatic rings. The molecule has 1 amide bonds. The number of aromatic nitrogens is 4. The molecule has 12 heteroatoms. The third kappa shape index (κ3) is 4.49. The molecular formula is C20H23F2N5O4S. The number of hydrogen-bond donors (Lipinski definition) is 1. The summed E-state index contributed by atoms with van der Waals surface area (Å²) < 4.78 is 58.4. The molecule has 0 atom stereocenters. The molecule has 0 aliphatic carbocycles. The predicted molar refractivity (Wildman–Crippen MR) is 111 cm³/mol. The fourth-order valence-corrected chi connectivity index (χ4v) is 4.75. The van der Waals surface area contributed by atoms with Crippen LogP contribution in [0.4, 0.5) is 13.6 Å². The van der Waals surface area contributed by atoms with E-state index in [4.69, 9.17) is 0 Å². The van der Waals surface area contributed by atoms with E-state index in [1.54, 1.807) is 0 Å². The van der Waals surface area contributed by atoms with Crippen molar-refractivity contribution in [2.75, 3.05) is 6.54 Å². The molecule has 0 unspecified atom stereocenters. The quantitative estimate of drug-likeness (QED) is 0.557. The van der Waals surface area contributed by atoms with Gasteiger partial charge in [-0.25, -0.2) is 23.1 Å². The maximum absolute atomic E-state index is 15.6. The highest BCUT2D eigenvalue weighted by molar-refractivity contribution is 7.89. The molecule has 0 aromatic carbocycles. The first-order valence-electron chi connectivity index (χ1n) is 9.54. The standard InChI is InChI=1S/C20H23F2N5O4S/c1-20(2,3)12-26(19(28)29)10-13-11-27(32(30,31)18-24-8-9-25(18)4)16(15(13)21)14-6-5-7-23-17(14)22/h5-9,11H,10,12H2,1-4H3,(H,28,29). The lowest BCUT2D eigenvalue weighted by Crippen LogP contribution is -2.36. The Morgan fingerprint density at radius 2 is 1.91 bits per heavy atom. The van der Waals surface area contributed by atoms with E-state index in [9.17, 15) is 22.7 Å². The van der Waals surface area contributed by atoms with Gasteiger partial charge in [0.25, 0.3) is 0 Å². The van der Waals surface area contributed by atoms with Gasteiger partial charge >= 0.3 is 16.1 Å². The zero-order chi connectivity index (χ0) is 23.8. The van der Waals surface area contributed by atoms with Crippen LogP contribution < -0.4 is 0 Å². The van der Waals surface area contributed by atoms with Crippen molar-refractivity contribution in [3.63, 3.8) is 0 Å². The molecule has 0 spiro atoms. The molecule has 0 fully saturated rings. The lowest BCUT2D eigenvalue weighted by atomic mass is 9.96. The highest BCUT2D eigenvalue weighted by Crippen LogP contribution is 2.32. The van der Waals surface area contributed by atoms with Gasteiger partial charge < -0.3 is 14.6 Å². The number of hydrogen-bond acceptors (Lipinski definition) is 5. The summed E-state index contributed by atoms with van der Waals surface area (Å²) in [6, 6.07) is 2.53. The van der Waals surface area contributed by atoms with Gasteiger partial charge in [-0.1, -0.05) is 20.8 Å². The highest BCUT2D eigenvalue weighted by atomic mass is 32.2. The Morgan fingerprint density at radius 1 is 1.22 bits per heavy atom. The van der Waals surface area contributed by atoms with Gasteiger partial charge in [-0.05, 0) is 17.5 Å². The van der Waals surface area contributed by atoms with E-state index in [1.807, 2.05) is 20.8 Å². The van der Waals surface area contributed by atoms with Crippen LogP contribution in [0.2, 0.25) is 0 Å². The van der Waals surface area contributed by atoms with Crippen molar-refractivity contribution in [1.29, 1.82) is 0 Å². The van der Waals surface area contributed by atoms with Crippen molar-refractivity contribution in [3.05, 3.63) is 54.2 Å². The number of amides is 1. The van der Waals surface area contributed by atoms with E-state index in [2.05, 4.69) is 9.97 Å². The average Bonchev–Trinajstić information content (AvgIpc) is 3.25. The summed E-state index contributed by atoms with van der Waals surface area (Å²) in [4.78, 5) is 20.0. The summed E-state index contributed by atoms with van der Waals surface area (Å²) in [6.07, 6.45) is 3.46. The van der Waals surface area contributed by atoms with Crippen molar-refractivity contribution in [3.8, 4) is 11.3 Å². The molecule has 32 heavy (non-hydrogen) atoms. The van der Waals surface area contributed by atoms with Gasteiger partial charge in [0.15, 0.2) is 5.82 Å². The summed E-state index contributed by atoms with van der Waals surface area (Å²) in [5, 5.41) is 9.17. The lowest BCUT2D eigenvalue weighted by Gasteiger charge is -2.27. The fourth-order valence-electron chi connectivity index (χ4n) is 3.27. The minimum Gasteiger partial charge on any atom is -0.465 e. The number of carbonyl (C=O) groups is 1. The normalized spacial score (nSPS) is 12.2. The first-order valence-corrected chi connectivity index (χ1v) is 11.0. The van der Waals surface area contributed by atoms with Crippen molar-refractivity contribution in [2.45, 2.75) is 32.5 Å². The molecular weight excluding hydrogens is 444 g/mol. The molecule has 3 rings (SSSR count). The summed E-state index contributed by atoms with van der Waals surface area (Å²) in [6.45, 7) is 5.07. The van der Waals surface area contributed by atoms with E-state index < -0.39 is 50.7 Å². The second-order valence-corrected chi connectivity index (χ2v) is 10.2. The van der Waals surface area contributed by atoms with E-state index in [0.717, 1.165) is 17.3 Å². The Kier molecular flexibility index (Phi) is 6.09. The smallest absolute Gasteiger partial charge is 0.407 e. The molecule has 9 nitrogen and oxygen atoms in total. The lowest BCUT2D eigenvalue weighted by molar-refractivity contribution is 0.122. The number of imidazole rings is 1. The molecule has 0 aliphatic heterocycles. The van der Waals surface area contributed by atoms with Crippen LogP contribution in [0.15, 0.2) is 42.1 Å². The second kappa shape index (κ2) is 8.34. The third-order valence-corrected chi connectivity index (χ3v) is 6.22. The molecule has 3 aromatic heterocycles. The molecule has 0 bridgehead atoms. The largest absolute Gasteiger partial charge is 0.465 e. The van der Waals surface area contributed by atoms with E-state index in [1.165, 1.54) is 36.1 Å². The molecule has 0 radical (unpaired) electrons. The highest BCUT2D eigenvalue weighted by Gasteiger charge is 2.32. The molecule has 0 saturated carbocycles. The van der Waals surface area contributed by atoms with Gasteiger partial charge in [-0.15, -0.1) is 0 Å². The van der Waals surface area contributed by atoms with Crippen LogP contribution in [0.1, 0.15) is 26.3 Å². The van der Waals surface area contributed by atoms with Gasteiger partial charge in [-0.2, -0.15) is 12.8 Å². The SMILES string of the molecule is Cn1ccnc1S(=O)(=O)n1cc(CN(CC(C)(C)C)C(=O)O)c(F)c1-c1cccnc1F. The number of pyridine rings is 1. The van der Waals surface area contributed by atoms with Crippen LogP contribution in [0, 0.1) is 17.2 Å². The zero-order valence-corrected chi connectivity index (χ0v) is 18.8. The minimum atomic E-state index is -4.45. The van der Waals surface area contributed by atoms with Gasteiger partial charge in [0.1, 0.15) is 5.69 Å². The zero-order valence-electron chi connectivity index (χ0n) is 18.0. The monoisotopic (exact) mass is 467 g/mol. The van der Waals surface area contributed by atoms with Crippen LogP contribution in [0.25, 0.3) is 11.3 Å². The number of nitrogens with zero attached hydrogens (tertiary/aromatic N) is 5. The maximum atomic E-state index is 15.6. The topological polar surface area (TPSA) is 110 Å². The fraction of sp³-hybridized carbons (Fsp3) is 0.350. The summed E-state index contributed by atoms with van der Waals surface area (Å²) >= 11 is 0. The first-order chi connectivity index (χ1) is 14.8. The number of carboxylic acid groups (broad SMARTS) is 1. The van der Waals surface area contributed by atoms with Crippen LogP contribution in [0.3, 0.4) is 0 Å². The van der Waals surface area contributed by atoms with Crippen molar-refractivity contribution in [2.24, 2.45) is 12.5 Å². The van der Waals surface area contributed by atoms with Gasteiger partial charge in [-0.3, -0.25) is 0 Å². The summed E-state index contributed by atoms with van der Waals surface area (Å²) in [7, 11) is -3.00. The van der Waals surface area contributed by atoms with Crippen LogP contribution >= 0.6 is 0 Å². The molecule has 3 aromatic rings. The van der Waals surface area contributed by atoms with Crippen molar-refractivity contribution < 1.29 is 27.1 Å². The van der Waals surface area contributed by atoms with E-state index in [0.29, 0.717) is 3.97 Å². The Balaban J connectivity index is 2.22. The van der Waals surface area contributed by atoms with Crippen molar-refractivity contribution in [1.82, 2.24) is 23.4 Å². The summed E-state index contributed by atoms with van der Waals surface area (Å²) in [5.41, 5.74) is -1.64. The van der Waals surface area contributed by atoms with Gasteiger partial charge in [0.05, 0.1) is 12.1 Å². The Morgan fingerprint density at radius 3 is 2.44 bits per heavy atom. The molecule has 3 heterocycles. The van der Waals surface area contributed by atoms with Gasteiger partial charge in [0.2, 0.25) is 11.1 Å². The third-order valence-electron chi connectivity index (χ3n) is 4.56. The van der Waals surface area contributed by atoms with Crippen molar-refractivity contribution >= 4 is 16.1 Å². The number of rotatable bonds is 6. The van der Waals surface area contributed by atoms with Gasteiger partial charge in [0, 0.05) is 43.9 Å². The molecule has 0 saturated heterocycles. The van der Waals surface area contributed by atoms with E-state index >= 15 is 4.39 Å². The predicted octanol–water partition coefficient (Wildman–Crippen LogP) is 3.32. The number of aryl methyl sites for hydroxylation is 1. The van der Waals surface area contributed by atoms with E-state index in [-0.39, 0.29) is 17.7 Å². The number of halogens is 2. The Labute approximate surface area is 184 Å². The minimum absolute atomic E-state index is 0.0651. The maximum Gasteiger partial charge on any atom is 0.407 e. The van der Waals surface area contributed by atoms with Crippen LogP contribution in [0.5, 0.6) is 0 Å². The Hall–Kier alpha value is -3.28. The second-order valence-electron chi connectivity index (χ2n) is 8.48. The average molecular weight is 467 g/mol. The summed E-state index contributed by atoms with van der Waals surface area (Å²) in [5.74, 6) is -2.13.